The third kappa shape index (κ3) is 3.15. The zero-order chi connectivity index (χ0) is 18.8. The molecule has 6 nitrogen and oxygen atoms in total. The van der Waals surface area contributed by atoms with Gasteiger partial charge in [-0.05, 0) is 18.6 Å². The van der Waals surface area contributed by atoms with E-state index in [9.17, 15) is 24.4 Å². The Bertz CT molecular complexity index is 880. The summed E-state index contributed by atoms with van der Waals surface area (Å²) >= 11 is -1.79. The molecule has 7 heteroatoms. The molecule has 0 aliphatic carbocycles. The molecular weight excluding hydrogens is 354 g/mol. The van der Waals surface area contributed by atoms with Crippen LogP contribution in [-0.2, 0) is 17.6 Å². The number of aromatic carboxylic acids is 1. The molecule has 0 fully saturated rings. The van der Waals surface area contributed by atoms with Crippen LogP contribution in [-0.4, -0.2) is 33.2 Å². The molecule has 0 saturated carbocycles. The largest absolute Gasteiger partial charge is 0.606 e. The van der Waals surface area contributed by atoms with Crippen LogP contribution in [0.15, 0.2) is 40.1 Å². The lowest BCUT2D eigenvalue weighted by molar-refractivity contribution is 0.0686. The highest BCUT2D eigenvalue weighted by Crippen LogP contribution is 2.41. The molecule has 2 aromatic carbocycles. The van der Waals surface area contributed by atoms with Gasteiger partial charge in [0, 0.05) is 29.7 Å². The minimum atomic E-state index is -1.79. The van der Waals surface area contributed by atoms with Crippen molar-refractivity contribution in [2.75, 3.05) is 6.54 Å². The molecule has 1 aliphatic heterocycles. The highest BCUT2D eigenvalue weighted by molar-refractivity contribution is 7.91. The Kier molecular flexibility index (Phi) is 5.20. The molecule has 0 saturated heterocycles. The Hall–Kier alpha value is -2.51. The number of carboxylic acid groups (broad SMARTS) is 1. The van der Waals surface area contributed by atoms with Crippen LogP contribution < -0.4 is 5.32 Å². The molecule has 1 unspecified atom stereocenters. The first-order valence-electron chi connectivity index (χ1n) is 8.35. The topological polar surface area (TPSA) is 110 Å². The lowest BCUT2D eigenvalue weighted by Crippen LogP contribution is -2.28. The molecule has 136 valence electrons. The molecule has 3 N–H and O–H groups in total. The predicted molar refractivity (Wildman–Crippen MR) is 96.2 cm³/mol. The van der Waals surface area contributed by atoms with Crippen LogP contribution in [0.1, 0.15) is 51.6 Å². The Morgan fingerprint density at radius 3 is 2.73 bits per heavy atom. The van der Waals surface area contributed by atoms with Crippen molar-refractivity contribution in [3.8, 4) is 5.75 Å². The quantitative estimate of drug-likeness (QED) is 0.551. The number of carbonyl (C=O) groups is 2. The van der Waals surface area contributed by atoms with Crippen LogP contribution in [0.3, 0.4) is 0 Å². The van der Waals surface area contributed by atoms with Gasteiger partial charge < -0.3 is 20.1 Å². The van der Waals surface area contributed by atoms with E-state index in [-0.39, 0.29) is 28.2 Å². The highest BCUT2D eigenvalue weighted by atomic mass is 32.2. The number of aromatic hydroxyl groups is 1. The van der Waals surface area contributed by atoms with Crippen molar-refractivity contribution < 1.29 is 24.4 Å². The van der Waals surface area contributed by atoms with Crippen LogP contribution in [0.25, 0.3) is 0 Å². The van der Waals surface area contributed by atoms with Crippen molar-refractivity contribution in [2.45, 2.75) is 36.0 Å². The summed E-state index contributed by atoms with van der Waals surface area (Å²) in [6, 6.07) is 8.15. The van der Waals surface area contributed by atoms with Crippen molar-refractivity contribution in [3.63, 3.8) is 0 Å². The Morgan fingerprint density at radius 1 is 1.31 bits per heavy atom. The maximum absolute atomic E-state index is 13.0. The van der Waals surface area contributed by atoms with Gasteiger partial charge in [-0.2, -0.15) is 0 Å². The number of phenols is 1. The second-order valence-electron chi connectivity index (χ2n) is 6.09. The van der Waals surface area contributed by atoms with Crippen LogP contribution in [0.4, 0.5) is 0 Å². The number of rotatable bonds is 5. The fourth-order valence-corrected chi connectivity index (χ4v) is 4.64. The Labute approximate surface area is 154 Å². The molecule has 1 aliphatic rings. The Balaban J connectivity index is 2.14. The number of fused-ring (bicyclic) bond motifs is 2. The molecule has 1 heterocycles. The molecule has 3 rings (SSSR count). The fourth-order valence-electron chi connectivity index (χ4n) is 3.06. The minimum absolute atomic E-state index is 0.0110. The minimum Gasteiger partial charge on any atom is -0.606 e. The van der Waals surface area contributed by atoms with Gasteiger partial charge >= 0.3 is 5.97 Å². The molecule has 0 bridgehead atoms. The lowest BCUT2D eigenvalue weighted by atomic mass is 9.96. The van der Waals surface area contributed by atoms with E-state index < -0.39 is 23.1 Å². The van der Waals surface area contributed by atoms with E-state index in [1.807, 2.05) is 6.92 Å². The van der Waals surface area contributed by atoms with Gasteiger partial charge in [0.1, 0.15) is 11.3 Å². The maximum atomic E-state index is 13.0. The van der Waals surface area contributed by atoms with Crippen molar-refractivity contribution in [2.24, 2.45) is 0 Å². The third-order valence-electron chi connectivity index (χ3n) is 4.36. The lowest BCUT2D eigenvalue weighted by Gasteiger charge is -2.24. The van der Waals surface area contributed by atoms with Crippen LogP contribution >= 0.6 is 0 Å². The number of phenolic OH excluding ortho intramolecular Hbond substituents is 1. The summed E-state index contributed by atoms with van der Waals surface area (Å²) in [5.41, 5.74) is 0.590. The average molecular weight is 373 g/mol. The number of hydrogen-bond donors (Lipinski definition) is 3. The molecule has 0 spiro atoms. The predicted octanol–water partition coefficient (Wildman–Crippen LogP) is 2.69. The molecule has 0 radical (unpaired) electrons. The van der Waals surface area contributed by atoms with Gasteiger partial charge in [0.05, 0.1) is 11.1 Å². The van der Waals surface area contributed by atoms with Gasteiger partial charge in [-0.25, -0.2) is 4.79 Å². The Morgan fingerprint density at radius 2 is 2.04 bits per heavy atom. The molecule has 26 heavy (non-hydrogen) atoms. The van der Waals surface area contributed by atoms with Crippen LogP contribution in [0, 0.1) is 0 Å². The van der Waals surface area contributed by atoms with E-state index in [2.05, 4.69) is 5.32 Å². The van der Waals surface area contributed by atoms with Gasteiger partial charge in [-0.3, -0.25) is 4.79 Å². The number of hydrogen-bond acceptors (Lipinski definition) is 4. The van der Waals surface area contributed by atoms with Crippen LogP contribution in [0.2, 0.25) is 0 Å². The summed E-state index contributed by atoms with van der Waals surface area (Å²) in [7, 11) is 0. The number of carboxylic acids is 1. The summed E-state index contributed by atoms with van der Waals surface area (Å²) in [6.45, 7) is 2.37. The van der Waals surface area contributed by atoms with E-state index in [1.54, 1.807) is 24.3 Å². The maximum Gasteiger partial charge on any atom is 0.341 e. The second kappa shape index (κ2) is 7.39. The first-order chi connectivity index (χ1) is 12.5. The first kappa shape index (κ1) is 18.3. The number of nitrogens with one attached hydrogen (secondary N) is 1. The number of amides is 1. The molecular formula is C19H19NO5S. The normalized spacial score (nSPS) is 15.1. The number of carbonyl (C=O) groups excluding carboxylic acids is 1. The zero-order valence-electron chi connectivity index (χ0n) is 14.2. The summed E-state index contributed by atoms with van der Waals surface area (Å²) in [4.78, 5) is 24.9. The van der Waals surface area contributed by atoms with E-state index in [0.29, 0.717) is 17.0 Å². The van der Waals surface area contributed by atoms with E-state index >= 15 is 0 Å². The van der Waals surface area contributed by atoms with E-state index in [0.717, 1.165) is 24.5 Å². The van der Waals surface area contributed by atoms with Gasteiger partial charge in [0.25, 0.3) is 5.91 Å². The van der Waals surface area contributed by atoms with Gasteiger partial charge in [-0.1, -0.05) is 31.5 Å². The van der Waals surface area contributed by atoms with Crippen molar-refractivity contribution in [3.05, 3.63) is 52.6 Å². The van der Waals surface area contributed by atoms with Crippen molar-refractivity contribution >= 4 is 23.1 Å². The number of unbranched alkanes of at least 4 members (excludes halogenated alkanes) is 1. The molecule has 1 amide bonds. The van der Waals surface area contributed by atoms with Gasteiger partial charge in [0.15, 0.2) is 9.79 Å². The van der Waals surface area contributed by atoms with Gasteiger partial charge in [-0.15, -0.1) is 0 Å². The summed E-state index contributed by atoms with van der Waals surface area (Å²) in [5, 5.41) is 22.8. The van der Waals surface area contributed by atoms with Gasteiger partial charge in [0.2, 0.25) is 0 Å². The van der Waals surface area contributed by atoms with Crippen molar-refractivity contribution in [1.82, 2.24) is 5.32 Å². The fraction of sp³-hybridized carbons (Fsp3) is 0.263. The monoisotopic (exact) mass is 373 g/mol. The standard InChI is InChI=1S/C19H19NO5S/c1-2-3-8-20-18(22)13-10-14(21)12-9-11-6-4-5-7-15(11)26(25)17(12)16(13)19(23)24/h4-7,10,21H,2-3,8-9H2,1H3,(H,20,22)(H,23,24). The van der Waals surface area contributed by atoms with Crippen LogP contribution in [0.5, 0.6) is 5.75 Å². The van der Waals surface area contributed by atoms with E-state index in [4.69, 9.17) is 0 Å². The SMILES string of the molecule is CCCCNC(=O)c1cc(O)c2c(c1C(=O)O)[S+]([O-])c1ccccc1C2. The second-order valence-corrected chi connectivity index (χ2v) is 7.48. The molecule has 0 aromatic heterocycles. The zero-order valence-corrected chi connectivity index (χ0v) is 15.1. The third-order valence-corrected chi connectivity index (χ3v) is 5.98. The smallest absolute Gasteiger partial charge is 0.341 e. The molecule has 1 atom stereocenters. The summed E-state index contributed by atoms with van der Waals surface area (Å²) in [6.07, 6.45) is 1.90. The van der Waals surface area contributed by atoms with Crippen molar-refractivity contribution in [1.29, 1.82) is 0 Å². The summed E-state index contributed by atoms with van der Waals surface area (Å²) < 4.78 is 13.0. The number of benzene rings is 2. The first-order valence-corrected chi connectivity index (χ1v) is 9.50. The molecule has 2 aromatic rings. The average Bonchev–Trinajstić information content (AvgIpc) is 2.62. The van der Waals surface area contributed by atoms with E-state index in [1.165, 1.54) is 0 Å². The summed E-state index contributed by atoms with van der Waals surface area (Å²) in [5.74, 6) is -2.15. The highest BCUT2D eigenvalue weighted by Gasteiger charge is 2.38.